The van der Waals surface area contributed by atoms with Gasteiger partial charge < -0.3 is 10.0 Å². The molecule has 0 atom stereocenters. The van der Waals surface area contributed by atoms with Gasteiger partial charge in [0.1, 0.15) is 10.6 Å². The Bertz CT molecular complexity index is 516. The van der Waals surface area contributed by atoms with Gasteiger partial charge in [-0.05, 0) is 26.0 Å². The zero-order valence-electron chi connectivity index (χ0n) is 10.9. The first-order valence-electron chi connectivity index (χ1n) is 5.54. The molecule has 0 fully saturated rings. The quantitative estimate of drug-likeness (QED) is 0.678. The van der Waals surface area contributed by atoms with Gasteiger partial charge in [0.05, 0.1) is 17.1 Å². The first-order chi connectivity index (χ1) is 8.72. The molecule has 0 bridgehead atoms. The van der Waals surface area contributed by atoms with Crippen molar-refractivity contribution in [1.29, 1.82) is 0 Å². The Balaban J connectivity index is 3.28. The monoisotopic (exact) mass is 286 g/mol. The van der Waals surface area contributed by atoms with Crippen LogP contribution >= 0.6 is 11.6 Å². The van der Waals surface area contributed by atoms with Gasteiger partial charge in [0.15, 0.2) is 0 Å². The van der Waals surface area contributed by atoms with E-state index in [4.69, 9.17) is 11.6 Å². The maximum Gasteiger partial charge on any atom is 0.300 e. The van der Waals surface area contributed by atoms with E-state index in [0.717, 1.165) is 0 Å². The van der Waals surface area contributed by atoms with Gasteiger partial charge >= 0.3 is 5.69 Å². The molecule has 0 heterocycles. The Morgan fingerprint density at radius 3 is 2.58 bits per heavy atom. The molecule has 1 aromatic carbocycles. The van der Waals surface area contributed by atoms with Crippen molar-refractivity contribution in [3.63, 3.8) is 0 Å². The van der Waals surface area contributed by atoms with Gasteiger partial charge in [0, 0.05) is 7.05 Å². The second kappa shape index (κ2) is 5.54. The second-order valence-electron chi connectivity index (χ2n) is 4.73. The zero-order valence-corrected chi connectivity index (χ0v) is 11.6. The third-order valence-corrected chi connectivity index (χ3v) is 3.30. The lowest BCUT2D eigenvalue weighted by Crippen LogP contribution is -2.47. The molecule has 0 spiro atoms. The van der Waals surface area contributed by atoms with Crippen molar-refractivity contribution in [2.24, 2.45) is 0 Å². The summed E-state index contributed by atoms with van der Waals surface area (Å²) in [5.74, 6) is -0.562. The number of aliphatic hydroxyl groups excluding tert-OH is 1. The van der Waals surface area contributed by atoms with Gasteiger partial charge in [0.2, 0.25) is 0 Å². The van der Waals surface area contributed by atoms with E-state index in [1.54, 1.807) is 13.8 Å². The molecule has 0 aliphatic heterocycles. The average Bonchev–Trinajstić information content (AvgIpc) is 2.36. The van der Waals surface area contributed by atoms with Crippen molar-refractivity contribution in [2.45, 2.75) is 19.4 Å². The Hall–Kier alpha value is -1.66. The number of hydrogen-bond acceptors (Lipinski definition) is 4. The van der Waals surface area contributed by atoms with E-state index >= 15 is 0 Å². The standard InChI is InChI=1S/C12H15ClN2O4/c1-12(2,7-16)14(3)11(17)8-5-4-6-9(13)10(8)15(18)19/h4-6,16H,7H2,1-3H3. The summed E-state index contributed by atoms with van der Waals surface area (Å²) in [7, 11) is 1.48. The molecule has 104 valence electrons. The number of benzene rings is 1. The number of nitro groups is 1. The molecule has 1 N–H and O–H groups in total. The predicted octanol–water partition coefficient (Wildman–Crippen LogP) is 2.09. The van der Waals surface area contributed by atoms with Crippen LogP contribution in [0.15, 0.2) is 18.2 Å². The van der Waals surface area contributed by atoms with Gasteiger partial charge in [-0.2, -0.15) is 0 Å². The van der Waals surface area contributed by atoms with E-state index in [0.29, 0.717) is 0 Å². The van der Waals surface area contributed by atoms with Crippen molar-refractivity contribution in [1.82, 2.24) is 4.90 Å². The number of nitro benzene ring substituents is 1. The first kappa shape index (κ1) is 15.4. The van der Waals surface area contributed by atoms with Crippen LogP contribution in [0.4, 0.5) is 5.69 Å². The van der Waals surface area contributed by atoms with Crippen molar-refractivity contribution < 1.29 is 14.8 Å². The summed E-state index contributed by atoms with van der Waals surface area (Å²) in [6.07, 6.45) is 0. The molecular weight excluding hydrogens is 272 g/mol. The molecule has 1 rings (SSSR count). The molecule has 0 aliphatic carbocycles. The van der Waals surface area contributed by atoms with Crippen LogP contribution in [0.5, 0.6) is 0 Å². The number of carbonyl (C=O) groups is 1. The number of hydrogen-bond donors (Lipinski definition) is 1. The van der Waals surface area contributed by atoms with Crippen molar-refractivity contribution in [2.75, 3.05) is 13.7 Å². The number of rotatable bonds is 4. The van der Waals surface area contributed by atoms with Crippen LogP contribution in [0, 0.1) is 10.1 Å². The van der Waals surface area contributed by atoms with Gasteiger partial charge in [-0.25, -0.2) is 0 Å². The number of para-hydroxylation sites is 1. The lowest BCUT2D eigenvalue weighted by atomic mass is 10.0. The number of carbonyl (C=O) groups excluding carboxylic acids is 1. The molecule has 19 heavy (non-hydrogen) atoms. The molecule has 1 aromatic rings. The minimum absolute atomic E-state index is 0.0916. The molecule has 0 aromatic heterocycles. The molecule has 0 saturated heterocycles. The van der Waals surface area contributed by atoms with E-state index in [9.17, 15) is 20.0 Å². The number of nitrogens with zero attached hydrogens (tertiary/aromatic N) is 2. The highest BCUT2D eigenvalue weighted by atomic mass is 35.5. The van der Waals surface area contributed by atoms with Crippen molar-refractivity contribution in [3.8, 4) is 0 Å². The molecule has 0 radical (unpaired) electrons. The summed E-state index contributed by atoms with van der Waals surface area (Å²) in [5.41, 5.74) is -1.34. The van der Waals surface area contributed by atoms with Crippen molar-refractivity contribution >= 4 is 23.2 Å². The maximum atomic E-state index is 12.3. The molecule has 0 aliphatic rings. The number of likely N-dealkylation sites (N-methyl/N-ethyl adjacent to an activating group) is 1. The highest BCUT2D eigenvalue weighted by Gasteiger charge is 2.32. The van der Waals surface area contributed by atoms with Gasteiger partial charge in [0.25, 0.3) is 5.91 Å². The third-order valence-electron chi connectivity index (χ3n) is 3.00. The molecule has 6 nitrogen and oxygen atoms in total. The van der Waals surface area contributed by atoms with Gasteiger partial charge in [-0.1, -0.05) is 17.7 Å². The molecule has 0 unspecified atom stereocenters. The summed E-state index contributed by atoms with van der Waals surface area (Å²) >= 11 is 5.76. The Morgan fingerprint density at radius 1 is 1.53 bits per heavy atom. The summed E-state index contributed by atoms with van der Waals surface area (Å²) in [4.78, 5) is 23.8. The fourth-order valence-electron chi connectivity index (χ4n) is 1.44. The molecule has 1 amide bonds. The fraction of sp³-hybridized carbons (Fsp3) is 0.417. The SMILES string of the molecule is CN(C(=O)c1cccc(Cl)c1[N+](=O)[O-])C(C)(C)CO. The fourth-order valence-corrected chi connectivity index (χ4v) is 1.68. The topological polar surface area (TPSA) is 83.7 Å². The van der Waals surface area contributed by atoms with Crippen LogP contribution < -0.4 is 0 Å². The highest BCUT2D eigenvalue weighted by molar-refractivity contribution is 6.33. The normalized spacial score (nSPS) is 11.2. The number of aliphatic hydroxyl groups is 1. The van der Waals surface area contributed by atoms with Gasteiger partial charge in [-0.3, -0.25) is 14.9 Å². The van der Waals surface area contributed by atoms with Crippen LogP contribution in [0.3, 0.4) is 0 Å². The molecular formula is C12H15ClN2O4. The molecule has 0 saturated carbocycles. The average molecular weight is 287 g/mol. The lowest BCUT2D eigenvalue weighted by Gasteiger charge is -2.33. The zero-order chi connectivity index (χ0) is 14.8. The minimum Gasteiger partial charge on any atom is -0.394 e. The summed E-state index contributed by atoms with van der Waals surface area (Å²) in [5, 5.41) is 20.1. The Morgan fingerprint density at radius 2 is 2.11 bits per heavy atom. The Kier molecular flexibility index (Phi) is 4.49. The summed E-state index contributed by atoms with van der Waals surface area (Å²) in [6.45, 7) is 3.05. The highest BCUT2D eigenvalue weighted by Crippen LogP contribution is 2.30. The van der Waals surface area contributed by atoms with Gasteiger partial charge in [-0.15, -0.1) is 0 Å². The lowest BCUT2D eigenvalue weighted by molar-refractivity contribution is -0.385. The van der Waals surface area contributed by atoms with E-state index in [2.05, 4.69) is 0 Å². The third kappa shape index (κ3) is 3.02. The first-order valence-corrected chi connectivity index (χ1v) is 5.92. The van der Waals surface area contributed by atoms with E-state index in [1.807, 2.05) is 0 Å². The van der Waals surface area contributed by atoms with Crippen LogP contribution in [0.25, 0.3) is 0 Å². The number of amides is 1. The minimum atomic E-state index is -0.826. The van der Waals surface area contributed by atoms with E-state index in [-0.39, 0.29) is 17.2 Å². The smallest absolute Gasteiger partial charge is 0.300 e. The summed E-state index contributed by atoms with van der Waals surface area (Å²) in [6, 6.07) is 4.17. The molecule has 7 heteroatoms. The predicted molar refractivity (Wildman–Crippen MR) is 71.4 cm³/mol. The van der Waals surface area contributed by atoms with E-state index < -0.39 is 22.1 Å². The van der Waals surface area contributed by atoms with Crippen LogP contribution in [-0.4, -0.2) is 40.0 Å². The largest absolute Gasteiger partial charge is 0.394 e. The van der Waals surface area contributed by atoms with Crippen LogP contribution in [-0.2, 0) is 0 Å². The van der Waals surface area contributed by atoms with Crippen molar-refractivity contribution in [3.05, 3.63) is 38.9 Å². The number of halogens is 1. The van der Waals surface area contributed by atoms with Crippen LogP contribution in [0.1, 0.15) is 24.2 Å². The van der Waals surface area contributed by atoms with Crippen LogP contribution in [0.2, 0.25) is 5.02 Å². The second-order valence-corrected chi connectivity index (χ2v) is 5.14. The summed E-state index contributed by atoms with van der Waals surface area (Å²) < 4.78 is 0. The Labute approximate surface area is 115 Å². The maximum absolute atomic E-state index is 12.3. The van der Waals surface area contributed by atoms with E-state index in [1.165, 1.54) is 30.1 Å².